The molecule has 2 fully saturated rings. The highest BCUT2D eigenvalue weighted by atomic mass is 32.2. The summed E-state index contributed by atoms with van der Waals surface area (Å²) >= 11 is 0. The number of alkyl halides is 3. The number of sulfonamides is 1. The van der Waals surface area contributed by atoms with Gasteiger partial charge < -0.3 is 5.32 Å². The van der Waals surface area contributed by atoms with Gasteiger partial charge in [-0.05, 0) is 25.7 Å². The number of carbonyl (C=O) groups excluding carboxylic acids is 1. The van der Waals surface area contributed by atoms with Crippen LogP contribution >= 0.6 is 0 Å². The van der Waals surface area contributed by atoms with Gasteiger partial charge in [-0.2, -0.15) is 13.2 Å². The quantitative estimate of drug-likeness (QED) is 0.830. The predicted octanol–water partition coefficient (Wildman–Crippen LogP) is 1.40. The average molecular weight is 328 g/mol. The number of carbonyl (C=O) groups is 1. The molecule has 2 aliphatic rings. The van der Waals surface area contributed by atoms with Gasteiger partial charge in [0.15, 0.2) is 0 Å². The molecular formula is C12H19F3N2O3S. The number of rotatable bonds is 5. The van der Waals surface area contributed by atoms with E-state index in [1.54, 1.807) is 0 Å². The van der Waals surface area contributed by atoms with Crippen molar-refractivity contribution in [1.29, 1.82) is 0 Å². The molecule has 1 saturated carbocycles. The Bertz CT molecular complexity index is 480. The predicted molar refractivity (Wildman–Crippen MR) is 70.0 cm³/mol. The van der Waals surface area contributed by atoms with Crippen molar-refractivity contribution in [2.45, 2.75) is 56.0 Å². The summed E-state index contributed by atoms with van der Waals surface area (Å²) in [6.45, 7) is 0.645. The molecule has 0 bridgehead atoms. The molecule has 1 heterocycles. The monoisotopic (exact) mass is 328 g/mol. The topological polar surface area (TPSA) is 66.5 Å². The summed E-state index contributed by atoms with van der Waals surface area (Å²) in [5.74, 6) is -0.629. The standard InChI is InChI=1S/C12H19F3N2O3S/c13-12(14,15)6-3-11(18)16-9-4-7-17(8-5-9)21(19,20)10-1-2-10/h9-10H,1-8H2,(H,16,18). The van der Waals surface area contributed by atoms with Crippen LogP contribution < -0.4 is 5.32 Å². The third kappa shape index (κ3) is 4.84. The van der Waals surface area contributed by atoms with Crippen LogP contribution in [0.25, 0.3) is 0 Å². The molecule has 5 nitrogen and oxygen atoms in total. The molecule has 1 amide bonds. The minimum absolute atomic E-state index is 0.239. The zero-order valence-corrected chi connectivity index (χ0v) is 12.3. The van der Waals surface area contributed by atoms with Crippen molar-refractivity contribution in [1.82, 2.24) is 9.62 Å². The molecule has 0 unspecified atom stereocenters. The van der Waals surface area contributed by atoms with E-state index < -0.39 is 34.9 Å². The maximum absolute atomic E-state index is 12.0. The highest BCUT2D eigenvalue weighted by molar-refractivity contribution is 7.90. The minimum Gasteiger partial charge on any atom is -0.353 e. The summed E-state index contributed by atoms with van der Waals surface area (Å²) in [6, 6.07) is -0.239. The number of amides is 1. The summed E-state index contributed by atoms with van der Waals surface area (Å²) in [6.07, 6.45) is -3.74. The second-order valence-corrected chi connectivity index (χ2v) is 7.81. The van der Waals surface area contributed by atoms with Crippen LogP contribution in [0.4, 0.5) is 13.2 Å². The molecule has 2 rings (SSSR count). The number of nitrogens with zero attached hydrogens (tertiary/aromatic N) is 1. The Balaban J connectivity index is 1.73. The van der Waals surface area contributed by atoms with E-state index in [1.165, 1.54) is 4.31 Å². The molecule has 122 valence electrons. The first-order valence-corrected chi connectivity index (χ1v) is 8.54. The Morgan fingerprint density at radius 3 is 2.19 bits per heavy atom. The molecule has 0 atom stereocenters. The second-order valence-electron chi connectivity index (χ2n) is 5.60. The van der Waals surface area contributed by atoms with E-state index >= 15 is 0 Å². The first kappa shape index (κ1) is 16.5. The van der Waals surface area contributed by atoms with Gasteiger partial charge in [0.2, 0.25) is 15.9 Å². The Morgan fingerprint density at radius 1 is 1.14 bits per heavy atom. The normalized spacial score (nSPS) is 22.2. The van der Waals surface area contributed by atoms with Crippen LogP contribution in [0.1, 0.15) is 38.5 Å². The lowest BCUT2D eigenvalue weighted by Gasteiger charge is -2.31. The van der Waals surface area contributed by atoms with E-state index in [4.69, 9.17) is 0 Å². The Morgan fingerprint density at radius 2 is 1.71 bits per heavy atom. The van der Waals surface area contributed by atoms with E-state index in [2.05, 4.69) is 5.32 Å². The van der Waals surface area contributed by atoms with Gasteiger partial charge in [0.1, 0.15) is 0 Å². The maximum atomic E-state index is 12.0. The molecule has 9 heteroatoms. The molecule has 1 aliphatic carbocycles. The zero-order chi connectivity index (χ0) is 15.7. The molecule has 1 aliphatic heterocycles. The lowest BCUT2D eigenvalue weighted by atomic mass is 10.1. The van der Waals surface area contributed by atoms with Gasteiger partial charge in [0.25, 0.3) is 0 Å². The van der Waals surface area contributed by atoms with Crippen molar-refractivity contribution < 1.29 is 26.4 Å². The molecule has 21 heavy (non-hydrogen) atoms. The summed E-state index contributed by atoms with van der Waals surface area (Å²) in [7, 11) is -3.20. The Kier molecular flexibility index (Phi) is 4.82. The largest absolute Gasteiger partial charge is 0.389 e. The van der Waals surface area contributed by atoms with Crippen LogP contribution in [0.2, 0.25) is 0 Å². The number of piperidine rings is 1. The van der Waals surface area contributed by atoms with E-state index in [0.29, 0.717) is 38.8 Å². The van der Waals surface area contributed by atoms with Crippen LogP contribution in [0.5, 0.6) is 0 Å². The maximum Gasteiger partial charge on any atom is 0.389 e. The van der Waals surface area contributed by atoms with Crippen LogP contribution in [-0.2, 0) is 14.8 Å². The number of hydrogen-bond donors (Lipinski definition) is 1. The van der Waals surface area contributed by atoms with Crippen molar-refractivity contribution in [3.8, 4) is 0 Å². The van der Waals surface area contributed by atoms with Gasteiger partial charge >= 0.3 is 6.18 Å². The molecule has 0 spiro atoms. The third-order valence-electron chi connectivity index (χ3n) is 3.76. The van der Waals surface area contributed by atoms with Crippen LogP contribution in [0.15, 0.2) is 0 Å². The number of hydrogen-bond acceptors (Lipinski definition) is 3. The minimum atomic E-state index is -4.33. The lowest BCUT2D eigenvalue weighted by Crippen LogP contribution is -2.47. The Hall–Kier alpha value is -0.830. The van der Waals surface area contributed by atoms with Crippen molar-refractivity contribution >= 4 is 15.9 Å². The van der Waals surface area contributed by atoms with Gasteiger partial charge in [-0.1, -0.05) is 0 Å². The van der Waals surface area contributed by atoms with E-state index in [-0.39, 0.29) is 11.3 Å². The van der Waals surface area contributed by atoms with Crippen molar-refractivity contribution in [2.24, 2.45) is 0 Å². The van der Waals surface area contributed by atoms with Gasteiger partial charge in [-0.3, -0.25) is 4.79 Å². The van der Waals surface area contributed by atoms with Gasteiger partial charge in [0.05, 0.1) is 11.7 Å². The summed E-state index contributed by atoms with van der Waals surface area (Å²) in [5.41, 5.74) is 0. The van der Waals surface area contributed by atoms with Crippen molar-refractivity contribution in [2.75, 3.05) is 13.1 Å². The lowest BCUT2D eigenvalue weighted by molar-refractivity contribution is -0.144. The SMILES string of the molecule is O=C(CCC(F)(F)F)NC1CCN(S(=O)(=O)C2CC2)CC1. The molecule has 1 N–H and O–H groups in total. The summed E-state index contributed by atoms with van der Waals surface area (Å²) < 4.78 is 61.5. The van der Waals surface area contributed by atoms with Gasteiger partial charge in [-0.15, -0.1) is 0 Å². The second kappa shape index (κ2) is 6.12. The Labute approximate surface area is 121 Å². The van der Waals surface area contributed by atoms with Crippen LogP contribution in [0.3, 0.4) is 0 Å². The van der Waals surface area contributed by atoms with E-state index in [1.807, 2.05) is 0 Å². The highest BCUT2D eigenvalue weighted by Crippen LogP contribution is 2.32. The molecule has 0 aromatic rings. The van der Waals surface area contributed by atoms with Gasteiger partial charge in [-0.25, -0.2) is 12.7 Å². The van der Waals surface area contributed by atoms with E-state index in [9.17, 15) is 26.4 Å². The van der Waals surface area contributed by atoms with E-state index in [0.717, 1.165) is 0 Å². The smallest absolute Gasteiger partial charge is 0.353 e. The molecular weight excluding hydrogens is 309 g/mol. The number of nitrogens with one attached hydrogen (secondary N) is 1. The van der Waals surface area contributed by atoms with Crippen LogP contribution in [-0.4, -0.2) is 49.2 Å². The zero-order valence-electron chi connectivity index (χ0n) is 11.5. The fourth-order valence-electron chi connectivity index (χ4n) is 2.39. The molecule has 0 radical (unpaired) electrons. The number of halogens is 3. The fourth-order valence-corrected chi connectivity index (χ4v) is 4.26. The fraction of sp³-hybridized carbons (Fsp3) is 0.917. The third-order valence-corrected chi connectivity index (χ3v) is 6.16. The van der Waals surface area contributed by atoms with Crippen molar-refractivity contribution in [3.05, 3.63) is 0 Å². The average Bonchev–Trinajstić information content (AvgIpc) is 3.21. The summed E-state index contributed by atoms with van der Waals surface area (Å²) in [4.78, 5) is 11.4. The van der Waals surface area contributed by atoms with Gasteiger partial charge in [0, 0.05) is 25.6 Å². The first-order valence-electron chi connectivity index (χ1n) is 7.03. The highest BCUT2D eigenvalue weighted by Gasteiger charge is 2.41. The van der Waals surface area contributed by atoms with Crippen LogP contribution in [0, 0.1) is 0 Å². The summed E-state index contributed by atoms with van der Waals surface area (Å²) in [5, 5.41) is 2.29. The first-order chi connectivity index (χ1) is 9.68. The molecule has 1 saturated heterocycles. The molecule has 0 aromatic heterocycles. The van der Waals surface area contributed by atoms with Crippen molar-refractivity contribution in [3.63, 3.8) is 0 Å². The molecule has 0 aromatic carbocycles.